The molecule has 3 N–H and O–H groups in total. The Bertz CT molecular complexity index is 1360. The van der Waals surface area contributed by atoms with Gasteiger partial charge in [-0.05, 0) is 81.1 Å². The first-order valence-electron chi connectivity index (χ1n) is 13.3. The third kappa shape index (κ3) is 2.73. The second kappa shape index (κ2) is 7.45. The van der Waals surface area contributed by atoms with Crippen LogP contribution in [0.4, 0.5) is 4.39 Å². The van der Waals surface area contributed by atoms with E-state index in [4.69, 9.17) is 4.74 Å². The van der Waals surface area contributed by atoms with E-state index in [1.54, 1.807) is 6.20 Å². The highest BCUT2D eigenvalue weighted by Gasteiger charge is 2.79. The molecule has 1 saturated carbocycles. The van der Waals surface area contributed by atoms with Crippen molar-refractivity contribution in [3.8, 4) is 0 Å². The van der Waals surface area contributed by atoms with Crippen LogP contribution in [0, 0.1) is 11.3 Å². The van der Waals surface area contributed by atoms with Crippen molar-refractivity contribution >= 4 is 16.5 Å². The standard InChI is InChI=1S/C29H34FN3O4/c1-26-10-8-19-24(35)29(30)25(36)23(34)21(33(2)3)15-27(29)11-12-28(19,37-27)22(26)7-5-18(26)16-4-6-20-17(14-16)9-13-31-32-20/h4-6,8-9,13-14,21-25,34-36H,7,10-12,15H2,1-3H3/t21-,22?,23+,24?,25-,26+,27+,28+,29?/m0/s1. The number of alkyl halides is 1. The Labute approximate surface area is 215 Å². The third-order valence-electron chi connectivity index (χ3n) is 10.6. The molecule has 2 saturated heterocycles. The maximum absolute atomic E-state index is 17.0. The van der Waals surface area contributed by atoms with Gasteiger partial charge in [0.1, 0.15) is 17.8 Å². The first kappa shape index (κ1) is 23.9. The third-order valence-corrected chi connectivity index (χ3v) is 10.6. The highest BCUT2D eigenvalue weighted by Crippen LogP contribution is 2.70. The molecule has 2 spiro atoms. The number of hydrogen-bond donors (Lipinski definition) is 3. The Morgan fingerprint density at radius 2 is 1.92 bits per heavy atom. The van der Waals surface area contributed by atoms with Gasteiger partial charge in [0.05, 0.1) is 23.4 Å². The maximum Gasteiger partial charge on any atom is 0.197 e. The van der Waals surface area contributed by atoms with Crippen molar-refractivity contribution in [1.82, 2.24) is 15.1 Å². The second-order valence-electron chi connectivity index (χ2n) is 12.3. The number of hydrogen-bond acceptors (Lipinski definition) is 7. The Morgan fingerprint density at radius 3 is 2.70 bits per heavy atom. The minimum atomic E-state index is -2.47. The Morgan fingerprint density at radius 1 is 1.11 bits per heavy atom. The van der Waals surface area contributed by atoms with E-state index in [1.807, 2.05) is 37.2 Å². The number of likely N-dealkylation sites (N-methyl/N-ethyl adjacent to an activating group) is 1. The first-order valence-corrected chi connectivity index (χ1v) is 13.3. The summed E-state index contributed by atoms with van der Waals surface area (Å²) in [6.45, 7) is 2.26. The maximum atomic E-state index is 17.0. The second-order valence-corrected chi connectivity index (χ2v) is 12.3. The summed E-state index contributed by atoms with van der Waals surface area (Å²) in [6.07, 6.45) is 3.95. The van der Waals surface area contributed by atoms with Gasteiger partial charge < -0.3 is 25.0 Å². The number of allylic oxidation sites excluding steroid dienone is 3. The largest absolute Gasteiger partial charge is 0.389 e. The predicted octanol–water partition coefficient (Wildman–Crippen LogP) is 2.80. The minimum Gasteiger partial charge on any atom is -0.389 e. The Kier molecular flexibility index (Phi) is 4.80. The molecule has 3 aliphatic carbocycles. The smallest absolute Gasteiger partial charge is 0.197 e. The van der Waals surface area contributed by atoms with Gasteiger partial charge >= 0.3 is 0 Å². The van der Waals surface area contributed by atoms with Gasteiger partial charge in [0.25, 0.3) is 0 Å². The summed E-state index contributed by atoms with van der Waals surface area (Å²) in [6, 6.07) is 7.73. The molecule has 2 aromatic rings. The van der Waals surface area contributed by atoms with E-state index in [-0.39, 0.29) is 17.8 Å². The lowest BCUT2D eigenvalue weighted by Gasteiger charge is -2.62. The van der Waals surface area contributed by atoms with Gasteiger partial charge in [-0.15, -0.1) is 0 Å². The molecular weight excluding hydrogens is 473 g/mol. The van der Waals surface area contributed by atoms with E-state index < -0.39 is 41.2 Å². The van der Waals surface area contributed by atoms with Crippen LogP contribution in [-0.2, 0) is 4.74 Å². The van der Waals surface area contributed by atoms with E-state index in [1.165, 1.54) is 5.57 Å². The Balaban J connectivity index is 1.32. The number of ether oxygens (including phenoxy) is 1. The van der Waals surface area contributed by atoms with Crippen molar-refractivity contribution in [2.75, 3.05) is 14.1 Å². The number of rotatable bonds is 2. The molecule has 2 aliphatic heterocycles. The Hall–Kier alpha value is -2.23. The number of benzene rings is 1. The molecule has 2 bridgehead atoms. The monoisotopic (exact) mass is 507 g/mol. The van der Waals surface area contributed by atoms with Gasteiger partial charge in [-0.2, -0.15) is 10.2 Å². The summed E-state index contributed by atoms with van der Waals surface area (Å²) in [4.78, 5) is 1.82. The summed E-state index contributed by atoms with van der Waals surface area (Å²) >= 11 is 0. The van der Waals surface area contributed by atoms with Crippen molar-refractivity contribution in [3.05, 3.63) is 53.8 Å². The summed E-state index contributed by atoms with van der Waals surface area (Å²) in [5.41, 5.74) is -1.13. The van der Waals surface area contributed by atoms with E-state index >= 15 is 4.39 Å². The van der Waals surface area contributed by atoms with E-state index in [2.05, 4.69) is 35.3 Å². The lowest BCUT2D eigenvalue weighted by Crippen LogP contribution is -2.78. The van der Waals surface area contributed by atoms with Crippen LogP contribution in [0.3, 0.4) is 0 Å². The van der Waals surface area contributed by atoms with Crippen LogP contribution in [0.2, 0.25) is 0 Å². The number of aliphatic hydroxyl groups excluding tert-OH is 3. The molecule has 0 radical (unpaired) electrons. The van der Waals surface area contributed by atoms with Crippen LogP contribution < -0.4 is 0 Å². The molecule has 5 aliphatic rings. The lowest BCUT2D eigenvalue weighted by molar-refractivity contribution is -0.308. The molecular formula is C29H34FN3O4. The number of aromatic nitrogens is 2. The van der Waals surface area contributed by atoms with Crippen LogP contribution in [0.25, 0.3) is 16.5 Å². The molecule has 9 atom stereocenters. The van der Waals surface area contributed by atoms with Gasteiger partial charge in [-0.1, -0.05) is 25.1 Å². The zero-order valence-electron chi connectivity index (χ0n) is 21.4. The molecule has 3 fully saturated rings. The normalized spacial score (nSPS) is 46.3. The van der Waals surface area contributed by atoms with Crippen LogP contribution >= 0.6 is 0 Å². The fourth-order valence-electron chi connectivity index (χ4n) is 8.69. The average Bonchev–Trinajstić information content (AvgIpc) is 3.42. The average molecular weight is 508 g/mol. The van der Waals surface area contributed by atoms with E-state index in [0.717, 1.165) is 22.9 Å². The van der Waals surface area contributed by atoms with E-state index in [9.17, 15) is 15.3 Å². The number of fused-ring (bicyclic) bond motifs is 2. The molecule has 196 valence electrons. The first-order chi connectivity index (χ1) is 17.6. The SMILES string of the molecule is CN(C)[C@H]1C[C@@]23CC[C@@]4(O2)C(=CC[C@]2(C)C(c5ccc6nnccc6c5)=CCC24)C(O)C3(F)[C@@H](O)[C@@H]1O. The molecule has 3 heterocycles. The molecule has 3 unspecified atom stereocenters. The fraction of sp³-hybridized carbons (Fsp3) is 0.586. The van der Waals surface area contributed by atoms with Crippen molar-refractivity contribution in [1.29, 1.82) is 0 Å². The number of aliphatic hydroxyl groups is 3. The van der Waals surface area contributed by atoms with Crippen molar-refractivity contribution in [3.63, 3.8) is 0 Å². The quantitative estimate of drug-likeness (QED) is 0.538. The van der Waals surface area contributed by atoms with Gasteiger partial charge in [0, 0.05) is 22.8 Å². The number of halogens is 1. The van der Waals surface area contributed by atoms with Crippen molar-refractivity contribution in [2.45, 2.75) is 80.3 Å². The summed E-state index contributed by atoms with van der Waals surface area (Å²) in [5.74, 6) is 0.0293. The van der Waals surface area contributed by atoms with Crippen LogP contribution in [0.1, 0.15) is 44.6 Å². The van der Waals surface area contributed by atoms with Gasteiger partial charge in [0.2, 0.25) is 0 Å². The lowest BCUT2D eigenvalue weighted by atomic mass is 9.55. The van der Waals surface area contributed by atoms with Crippen LogP contribution in [-0.4, -0.2) is 85.7 Å². The predicted molar refractivity (Wildman–Crippen MR) is 136 cm³/mol. The molecule has 1 aromatic carbocycles. The molecule has 8 heteroatoms. The zero-order valence-corrected chi connectivity index (χ0v) is 21.4. The fourth-order valence-corrected chi connectivity index (χ4v) is 8.69. The number of nitrogens with zero attached hydrogens (tertiary/aromatic N) is 3. The minimum absolute atomic E-state index is 0.0293. The molecule has 0 amide bonds. The van der Waals surface area contributed by atoms with Gasteiger partial charge in [-0.3, -0.25) is 0 Å². The molecule has 7 nitrogen and oxygen atoms in total. The summed E-state index contributed by atoms with van der Waals surface area (Å²) in [5, 5.41) is 42.8. The summed E-state index contributed by atoms with van der Waals surface area (Å²) in [7, 11) is 3.63. The van der Waals surface area contributed by atoms with Gasteiger partial charge in [0.15, 0.2) is 5.67 Å². The molecule has 1 aromatic heterocycles. The zero-order chi connectivity index (χ0) is 26.0. The topological polar surface area (TPSA) is 98.9 Å². The van der Waals surface area contributed by atoms with Crippen LogP contribution in [0.5, 0.6) is 0 Å². The summed E-state index contributed by atoms with van der Waals surface area (Å²) < 4.78 is 23.9. The molecule has 7 rings (SSSR count). The van der Waals surface area contributed by atoms with Crippen LogP contribution in [0.15, 0.2) is 48.2 Å². The van der Waals surface area contributed by atoms with Gasteiger partial charge in [-0.25, -0.2) is 4.39 Å². The molecule has 37 heavy (non-hydrogen) atoms. The highest BCUT2D eigenvalue weighted by molar-refractivity contribution is 5.85. The van der Waals surface area contributed by atoms with E-state index in [0.29, 0.717) is 24.8 Å². The highest BCUT2D eigenvalue weighted by atomic mass is 19.1. The van der Waals surface area contributed by atoms with Crippen molar-refractivity contribution in [2.24, 2.45) is 11.3 Å². The van der Waals surface area contributed by atoms with Crippen molar-refractivity contribution < 1.29 is 24.4 Å².